The minimum Gasteiger partial charge on any atom is -0.360 e. The molecule has 2 aromatic carbocycles. The van der Waals surface area contributed by atoms with Crippen LogP contribution in [0.1, 0.15) is 11.1 Å². The van der Waals surface area contributed by atoms with Crippen molar-refractivity contribution in [2.75, 3.05) is 10.6 Å². The molecule has 116 valence electrons. The predicted octanol–water partition coefficient (Wildman–Crippen LogP) is 4.41. The van der Waals surface area contributed by atoms with Gasteiger partial charge < -0.3 is 10.6 Å². The van der Waals surface area contributed by atoms with Crippen LogP contribution in [0, 0.1) is 25.2 Å². The Labute approximate surface area is 140 Å². The monoisotopic (exact) mass is 325 g/mol. The highest BCUT2D eigenvalue weighted by Crippen LogP contribution is 2.18. The zero-order valence-electron chi connectivity index (χ0n) is 12.9. The minimum atomic E-state index is -0.493. The van der Waals surface area contributed by atoms with E-state index in [4.69, 9.17) is 11.6 Å². The Bertz CT molecular complexity index is 806. The van der Waals surface area contributed by atoms with Crippen molar-refractivity contribution in [3.05, 3.63) is 70.4 Å². The van der Waals surface area contributed by atoms with Crippen LogP contribution < -0.4 is 10.6 Å². The number of hydrogen-bond donors (Lipinski definition) is 2. The van der Waals surface area contributed by atoms with Crippen LogP contribution in [0.25, 0.3) is 0 Å². The molecule has 0 fully saturated rings. The smallest absolute Gasteiger partial charge is 0.267 e. The van der Waals surface area contributed by atoms with E-state index in [0.717, 1.165) is 16.8 Å². The predicted molar refractivity (Wildman–Crippen MR) is 93.3 cm³/mol. The highest BCUT2D eigenvalue weighted by Gasteiger charge is 2.09. The van der Waals surface area contributed by atoms with Crippen molar-refractivity contribution >= 4 is 28.9 Å². The molecular formula is C18H16ClN3O. The van der Waals surface area contributed by atoms with E-state index >= 15 is 0 Å². The van der Waals surface area contributed by atoms with Gasteiger partial charge in [-0.25, -0.2) is 0 Å². The number of amides is 1. The van der Waals surface area contributed by atoms with Crippen molar-refractivity contribution in [1.29, 1.82) is 5.26 Å². The fourth-order valence-electron chi connectivity index (χ4n) is 1.95. The largest absolute Gasteiger partial charge is 0.360 e. The summed E-state index contributed by atoms with van der Waals surface area (Å²) in [4.78, 5) is 12.1. The number of aryl methyl sites for hydroxylation is 2. The van der Waals surface area contributed by atoms with Gasteiger partial charge in [0.15, 0.2) is 0 Å². The molecule has 0 aliphatic heterocycles. The SMILES string of the molecule is Cc1ccc(C)c(NC=C(C#N)C(=O)Nc2cccc(Cl)c2)c1. The Morgan fingerprint density at radius 2 is 2.00 bits per heavy atom. The molecule has 0 atom stereocenters. The van der Waals surface area contributed by atoms with Crippen LogP contribution in [0.15, 0.2) is 54.2 Å². The van der Waals surface area contributed by atoms with E-state index in [2.05, 4.69) is 10.6 Å². The molecule has 2 rings (SSSR count). The highest BCUT2D eigenvalue weighted by atomic mass is 35.5. The number of benzene rings is 2. The third-order valence-electron chi connectivity index (χ3n) is 3.21. The molecule has 0 aliphatic rings. The Kier molecular flexibility index (Phi) is 5.40. The van der Waals surface area contributed by atoms with Crippen molar-refractivity contribution in [3.8, 4) is 6.07 Å². The molecule has 2 aromatic rings. The van der Waals surface area contributed by atoms with Crippen molar-refractivity contribution in [3.63, 3.8) is 0 Å². The van der Waals surface area contributed by atoms with Crippen molar-refractivity contribution in [2.45, 2.75) is 13.8 Å². The molecule has 23 heavy (non-hydrogen) atoms. The first kappa shape index (κ1) is 16.6. The first-order chi connectivity index (χ1) is 11.0. The summed E-state index contributed by atoms with van der Waals surface area (Å²) in [5.74, 6) is -0.493. The van der Waals surface area contributed by atoms with Gasteiger partial charge >= 0.3 is 0 Å². The maximum absolute atomic E-state index is 12.1. The summed E-state index contributed by atoms with van der Waals surface area (Å²) < 4.78 is 0. The average molecular weight is 326 g/mol. The number of hydrogen-bond acceptors (Lipinski definition) is 3. The van der Waals surface area contributed by atoms with E-state index in [1.54, 1.807) is 24.3 Å². The summed E-state index contributed by atoms with van der Waals surface area (Å²) >= 11 is 5.87. The number of nitrogens with zero attached hydrogens (tertiary/aromatic N) is 1. The molecule has 5 heteroatoms. The molecular weight excluding hydrogens is 310 g/mol. The summed E-state index contributed by atoms with van der Waals surface area (Å²) in [7, 11) is 0. The first-order valence-corrected chi connectivity index (χ1v) is 7.38. The quantitative estimate of drug-likeness (QED) is 0.646. The van der Waals surface area contributed by atoms with Crippen LogP contribution in [0.3, 0.4) is 0 Å². The van der Waals surface area contributed by atoms with Gasteiger partial charge in [0.2, 0.25) is 0 Å². The third kappa shape index (κ3) is 4.60. The Balaban J connectivity index is 2.14. The molecule has 0 unspecified atom stereocenters. The summed E-state index contributed by atoms with van der Waals surface area (Å²) in [6.45, 7) is 3.93. The van der Waals surface area contributed by atoms with E-state index in [0.29, 0.717) is 10.7 Å². The Morgan fingerprint density at radius 1 is 1.22 bits per heavy atom. The van der Waals surface area contributed by atoms with Crippen LogP contribution >= 0.6 is 11.6 Å². The van der Waals surface area contributed by atoms with Gasteiger partial charge in [-0.15, -0.1) is 0 Å². The number of carbonyl (C=O) groups excluding carboxylic acids is 1. The minimum absolute atomic E-state index is 0.0223. The van der Waals surface area contributed by atoms with Gasteiger partial charge in [0.05, 0.1) is 0 Å². The fourth-order valence-corrected chi connectivity index (χ4v) is 2.14. The molecule has 0 bridgehead atoms. The normalized spacial score (nSPS) is 10.8. The topological polar surface area (TPSA) is 64.9 Å². The number of nitriles is 1. The Hall–Kier alpha value is -2.77. The van der Waals surface area contributed by atoms with E-state index in [1.165, 1.54) is 6.20 Å². The van der Waals surface area contributed by atoms with Gasteiger partial charge in [-0.2, -0.15) is 5.26 Å². The Morgan fingerprint density at radius 3 is 2.70 bits per heavy atom. The lowest BCUT2D eigenvalue weighted by Gasteiger charge is -2.08. The van der Waals surface area contributed by atoms with Crippen LogP contribution in [-0.2, 0) is 4.79 Å². The average Bonchev–Trinajstić information content (AvgIpc) is 2.51. The maximum Gasteiger partial charge on any atom is 0.267 e. The van der Waals surface area contributed by atoms with Gasteiger partial charge in [0.25, 0.3) is 5.91 Å². The molecule has 0 aromatic heterocycles. The number of rotatable bonds is 4. The second kappa shape index (κ2) is 7.48. The molecule has 0 aliphatic carbocycles. The fraction of sp³-hybridized carbons (Fsp3) is 0.111. The molecule has 0 saturated carbocycles. The number of carbonyl (C=O) groups is 1. The second-order valence-corrected chi connectivity index (χ2v) is 5.53. The summed E-state index contributed by atoms with van der Waals surface area (Å²) in [5, 5.41) is 15.4. The third-order valence-corrected chi connectivity index (χ3v) is 3.45. The molecule has 1 amide bonds. The van der Waals surface area contributed by atoms with Crippen LogP contribution in [-0.4, -0.2) is 5.91 Å². The van der Waals surface area contributed by atoms with Gasteiger partial charge in [-0.3, -0.25) is 4.79 Å². The van der Waals surface area contributed by atoms with E-state index < -0.39 is 5.91 Å². The highest BCUT2D eigenvalue weighted by molar-refractivity contribution is 6.31. The van der Waals surface area contributed by atoms with Crippen molar-refractivity contribution in [1.82, 2.24) is 0 Å². The standard InChI is InChI=1S/C18H16ClN3O/c1-12-6-7-13(2)17(8-12)21-11-14(10-20)18(23)22-16-5-3-4-15(19)9-16/h3-9,11,21H,1-2H3,(H,22,23). The van der Waals surface area contributed by atoms with Gasteiger partial charge in [-0.1, -0.05) is 29.8 Å². The van der Waals surface area contributed by atoms with Gasteiger partial charge in [-0.05, 0) is 49.2 Å². The number of nitrogens with one attached hydrogen (secondary N) is 2. The summed E-state index contributed by atoms with van der Waals surface area (Å²) in [6, 6.07) is 14.6. The maximum atomic E-state index is 12.1. The van der Waals surface area contributed by atoms with Crippen LogP contribution in [0.4, 0.5) is 11.4 Å². The van der Waals surface area contributed by atoms with E-state index in [1.807, 2.05) is 38.1 Å². The van der Waals surface area contributed by atoms with Crippen molar-refractivity contribution < 1.29 is 4.79 Å². The van der Waals surface area contributed by atoms with Crippen molar-refractivity contribution in [2.24, 2.45) is 0 Å². The molecule has 0 spiro atoms. The lowest BCUT2D eigenvalue weighted by molar-refractivity contribution is -0.112. The molecule has 0 heterocycles. The van der Waals surface area contributed by atoms with Gasteiger partial charge in [0.1, 0.15) is 11.6 Å². The number of anilines is 2. The zero-order valence-corrected chi connectivity index (χ0v) is 13.6. The first-order valence-electron chi connectivity index (χ1n) is 7.00. The van der Waals surface area contributed by atoms with E-state index in [9.17, 15) is 10.1 Å². The van der Waals surface area contributed by atoms with E-state index in [-0.39, 0.29) is 5.57 Å². The van der Waals surface area contributed by atoms with Crippen LogP contribution in [0.2, 0.25) is 5.02 Å². The summed E-state index contributed by atoms with van der Waals surface area (Å²) in [6.07, 6.45) is 1.40. The summed E-state index contributed by atoms with van der Waals surface area (Å²) in [5.41, 5.74) is 3.49. The molecule has 0 saturated heterocycles. The molecule has 2 N–H and O–H groups in total. The number of halogens is 1. The molecule has 0 radical (unpaired) electrons. The van der Waals surface area contributed by atoms with Crippen LogP contribution in [0.5, 0.6) is 0 Å². The second-order valence-electron chi connectivity index (χ2n) is 5.10. The zero-order chi connectivity index (χ0) is 16.8. The lowest BCUT2D eigenvalue weighted by Crippen LogP contribution is -2.14. The lowest BCUT2D eigenvalue weighted by atomic mass is 10.1. The molecule has 4 nitrogen and oxygen atoms in total. The van der Waals surface area contributed by atoms with Gasteiger partial charge in [0, 0.05) is 22.6 Å².